The highest BCUT2D eigenvalue weighted by molar-refractivity contribution is 5.96. The number of carbonyl (C=O) groups excluding carboxylic acids is 2. The Morgan fingerprint density at radius 1 is 1.35 bits per heavy atom. The number of halogens is 1. The Kier molecular flexibility index (Phi) is 4.27. The molecule has 1 aromatic heterocycles. The van der Waals surface area contributed by atoms with Gasteiger partial charge in [-0.25, -0.2) is 14.4 Å². The van der Waals surface area contributed by atoms with E-state index in [1.54, 1.807) is 23.4 Å². The molecule has 7 heteroatoms. The fourth-order valence-electron chi connectivity index (χ4n) is 2.57. The lowest BCUT2D eigenvalue weighted by atomic mass is 10.1. The van der Waals surface area contributed by atoms with Crippen LogP contribution in [0.15, 0.2) is 36.7 Å². The average molecular weight is 314 g/mol. The van der Waals surface area contributed by atoms with Gasteiger partial charge in [0.15, 0.2) is 0 Å². The van der Waals surface area contributed by atoms with Gasteiger partial charge in [-0.05, 0) is 30.7 Å². The first-order valence-corrected chi connectivity index (χ1v) is 7.25. The van der Waals surface area contributed by atoms with Gasteiger partial charge in [0.1, 0.15) is 12.1 Å². The third-order valence-electron chi connectivity index (χ3n) is 3.73. The molecule has 1 atom stereocenters. The Morgan fingerprint density at radius 2 is 2.13 bits per heavy atom. The van der Waals surface area contributed by atoms with Crippen LogP contribution in [0.4, 0.5) is 10.3 Å². The molecule has 0 radical (unpaired) electrons. The van der Waals surface area contributed by atoms with Gasteiger partial charge in [-0.15, -0.1) is 0 Å². The van der Waals surface area contributed by atoms with Crippen LogP contribution in [0.2, 0.25) is 0 Å². The fraction of sp³-hybridized carbons (Fsp3) is 0.250. The van der Waals surface area contributed by atoms with Gasteiger partial charge in [-0.3, -0.25) is 9.59 Å². The number of nitrogens with one attached hydrogen (secondary N) is 1. The van der Waals surface area contributed by atoms with Gasteiger partial charge in [0, 0.05) is 37.1 Å². The molecular formula is C16H15FN4O2. The summed E-state index contributed by atoms with van der Waals surface area (Å²) in [7, 11) is 0. The molecule has 1 aliphatic rings. The molecular weight excluding hydrogens is 299 g/mol. The summed E-state index contributed by atoms with van der Waals surface area (Å²) in [5.74, 6) is -0.534. The zero-order chi connectivity index (χ0) is 16.2. The summed E-state index contributed by atoms with van der Waals surface area (Å²) in [6.07, 6.45) is 4.58. The summed E-state index contributed by atoms with van der Waals surface area (Å²) in [6, 6.07) is 5.50. The quantitative estimate of drug-likeness (QED) is 0.870. The zero-order valence-corrected chi connectivity index (χ0v) is 12.3. The van der Waals surface area contributed by atoms with Gasteiger partial charge in [0.2, 0.25) is 5.95 Å². The molecule has 1 aliphatic heterocycles. The highest BCUT2D eigenvalue weighted by Gasteiger charge is 2.28. The van der Waals surface area contributed by atoms with E-state index in [0.717, 1.165) is 12.5 Å². The number of carbonyl (C=O) groups is 2. The number of amides is 1. The van der Waals surface area contributed by atoms with Gasteiger partial charge in [-0.2, -0.15) is 0 Å². The maximum absolute atomic E-state index is 13.9. The number of likely N-dealkylation sites (tertiary alicyclic amines) is 1. The normalized spacial score (nSPS) is 17.1. The standard InChI is InChI=1S/C16H15FN4O2/c17-14-3-2-11(10-22)8-13(14)15(23)21-7-4-12(9-21)20-16-18-5-1-6-19-16/h1-3,5-6,8,10,12H,4,7,9H2,(H,18,19,20). The van der Waals surface area contributed by atoms with Gasteiger partial charge in [0.05, 0.1) is 5.56 Å². The Morgan fingerprint density at radius 3 is 2.87 bits per heavy atom. The van der Waals surface area contributed by atoms with E-state index in [4.69, 9.17) is 0 Å². The summed E-state index contributed by atoms with van der Waals surface area (Å²) >= 11 is 0. The minimum absolute atomic E-state index is 0.0127. The van der Waals surface area contributed by atoms with E-state index in [0.29, 0.717) is 25.3 Å². The number of hydrogen-bond donors (Lipinski definition) is 1. The number of rotatable bonds is 4. The second-order valence-corrected chi connectivity index (χ2v) is 5.31. The van der Waals surface area contributed by atoms with Crippen LogP contribution in [0.1, 0.15) is 27.1 Å². The third kappa shape index (κ3) is 3.33. The topological polar surface area (TPSA) is 75.2 Å². The van der Waals surface area contributed by atoms with Gasteiger partial charge in [-0.1, -0.05) is 0 Å². The number of nitrogens with zero attached hydrogens (tertiary/aromatic N) is 3. The molecule has 0 aliphatic carbocycles. The molecule has 1 unspecified atom stereocenters. The third-order valence-corrected chi connectivity index (χ3v) is 3.73. The van der Waals surface area contributed by atoms with Gasteiger partial charge < -0.3 is 10.2 Å². The summed E-state index contributed by atoms with van der Waals surface area (Å²) in [5, 5.41) is 3.15. The number of hydrogen-bond acceptors (Lipinski definition) is 5. The van der Waals surface area contributed by atoms with Crippen LogP contribution in [0.5, 0.6) is 0 Å². The van der Waals surface area contributed by atoms with Crippen LogP contribution in [-0.2, 0) is 0 Å². The summed E-state index contributed by atoms with van der Waals surface area (Å²) in [5.41, 5.74) is 0.201. The lowest BCUT2D eigenvalue weighted by molar-refractivity contribution is 0.0787. The monoisotopic (exact) mass is 314 g/mol. The van der Waals surface area contributed by atoms with Crippen LogP contribution in [0.25, 0.3) is 0 Å². The van der Waals surface area contributed by atoms with Crippen molar-refractivity contribution in [2.24, 2.45) is 0 Å². The van der Waals surface area contributed by atoms with Crippen molar-refractivity contribution in [2.75, 3.05) is 18.4 Å². The van der Waals surface area contributed by atoms with E-state index in [-0.39, 0.29) is 17.2 Å². The highest BCUT2D eigenvalue weighted by Crippen LogP contribution is 2.18. The van der Waals surface area contributed by atoms with Crippen molar-refractivity contribution < 1.29 is 14.0 Å². The number of aromatic nitrogens is 2. The number of benzene rings is 1. The number of anilines is 1. The van der Waals surface area contributed by atoms with Crippen molar-refractivity contribution in [2.45, 2.75) is 12.5 Å². The first-order chi connectivity index (χ1) is 11.2. The largest absolute Gasteiger partial charge is 0.350 e. The molecule has 2 aromatic rings. The molecule has 118 valence electrons. The second kappa shape index (κ2) is 6.51. The second-order valence-electron chi connectivity index (χ2n) is 5.31. The predicted molar refractivity (Wildman–Crippen MR) is 81.8 cm³/mol. The van der Waals surface area contributed by atoms with Crippen molar-refractivity contribution >= 4 is 18.1 Å². The fourth-order valence-corrected chi connectivity index (χ4v) is 2.57. The molecule has 1 aromatic carbocycles. The zero-order valence-electron chi connectivity index (χ0n) is 12.3. The van der Waals surface area contributed by atoms with Crippen molar-refractivity contribution in [3.8, 4) is 0 Å². The molecule has 1 saturated heterocycles. The molecule has 2 heterocycles. The molecule has 3 rings (SSSR count). The SMILES string of the molecule is O=Cc1ccc(F)c(C(=O)N2CCC(Nc3ncccn3)C2)c1. The van der Waals surface area contributed by atoms with E-state index in [1.165, 1.54) is 12.1 Å². The average Bonchev–Trinajstić information content (AvgIpc) is 3.04. The van der Waals surface area contributed by atoms with Crippen molar-refractivity contribution in [3.05, 3.63) is 53.6 Å². The minimum atomic E-state index is -0.622. The highest BCUT2D eigenvalue weighted by atomic mass is 19.1. The Hall–Kier alpha value is -2.83. The van der Waals surface area contributed by atoms with Crippen molar-refractivity contribution in [1.82, 2.24) is 14.9 Å². The van der Waals surface area contributed by atoms with E-state index < -0.39 is 11.7 Å². The molecule has 0 bridgehead atoms. The van der Waals surface area contributed by atoms with Crippen molar-refractivity contribution in [1.29, 1.82) is 0 Å². The Labute approximate surface area is 132 Å². The molecule has 6 nitrogen and oxygen atoms in total. The van der Waals surface area contributed by atoms with Crippen LogP contribution in [-0.4, -0.2) is 46.2 Å². The smallest absolute Gasteiger partial charge is 0.256 e. The van der Waals surface area contributed by atoms with E-state index in [2.05, 4.69) is 15.3 Å². The van der Waals surface area contributed by atoms with Crippen LogP contribution in [0, 0.1) is 5.82 Å². The van der Waals surface area contributed by atoms with Crippen LogP contribution >= 0.6 is 0 Å². The molecule has 1 amide bonds. The molecule has 1 fully saturated rings. The number of aldehydes is 1. The predicted octanol–water partition coefficient (Wildman–Crippen LogP) is 1.75. The van der Waals surface area contributed by atoms with Gasteiger partial charge in [0.25, 0.3) is 5.91 Å². The lowest BCUT2D eigenvalue weighted by Gasteiger charge is -2.17. The molecule has 0 spiro atoms. The Balaban J connectivity index is 1.69. The maximum atomic E-state index is 13.9. The first kappa shape index (κ1) is 15.1. The Bertz CT molecular complexity index is 723. The lowest BCUT2D eigenvalue weighted by Crippen LogP contribution is -2.32. The van der Waals surface area contributed by atoms with Crippen molar-refractivity contribution in [3.63, 3.8) is 0 Å². The molecule has 0 saturated carbocycles. The van der Waals surface area contributed by atoms with Crippen LogP contribution in [0.3, 0.4) is 0 Å². The molecule has 1 N–H and O–H groups in total. The van der Waals surface area contributed by atoms with E-state index in [1.807, 2.05) is 0 Å². The molecule has 23 heavy (non-hydrogen) atoms. The first-order valence-electron chi connectivity index (χ1n) is 7.25. The summed E-state index contributed by atoms with van der Waals surface area (Å²) in [6.45, 7) is 0.940. The maximum Gasteiger partial charge on any atom is 0.256 e. The van der Waals surface area contributed by atoms with E-state index in [9.17, 15) is 14.0 Å². The summed E-state index contributed by atoms with van der Waals surface area (Å²) in [4.78, 5) is 33.0. The van der Waals surface area contributed by atoms with E-state index >= 15 is 0 Å². The van der Waals surface area contributed by atoms with Crippen LogP contribution < -0.4 is 5.32 Å². The minimum Gasteiger partial charge on any atom is -0.350 e. The summed E-state index contributed by atoms with van der Waals surface area (Å²) < 4.78 is 13.9. The van der Waals surface area contributed by atoms with Gasteiger partial charge >= 0.3 is 0 Å².